The highest BCUT2D eigenvalue weighted by atomic mass is 16.6. The number of likely N-dealkylation sites (tertiary alicyclic amines) is 2. The fourth-order valence-electron chi connectivity index (χ4n) is 6.06. The number of hydrogen-bond donors (Lipinski definition) is 1. The van der Waals surface area contributed by atoms with Gasteiger partial charge in [-0.05, 0) is 79.9 Å². The van der Waals surface area contributed by atoms with Crippen molar-refractivity contribution in [1.29, 1.82) is 0 Å². The number of rotatable bonds is 10. The number of hydrogen-bond acceptors (Lipinski definition) is 8. The highest BCUT2D eigenvalue weighted by molar-refractivity contribution is 6.04. The molecule has 6 rings (SSSR count). The van der Waals surface area contributed by atoms with E-state index in [1.165, 1.54) is 37.4 Å². The molecule has 1 atom stereocenters. The maximum absolute atomic E-state index is 12.8. The van der Waals surface area contributed by atoms with Crippen molar-refractivity contribution < 1.29 is 23.8 Å². The number of carbonyl (C=O) groups excluding carboxylic acids is 2. The third-order valence-corrected chi connectivity index (χ3v) is 8.70. The van der Waals surface area contributed by atoms with Crippen molar-refractivity contribution in [1.82, 2.24) is 19.8 Å². The molecule has 10 nitrogen and oxygen atoms in total. The maximum atomic E-state index is 12.8. The number of piperidine rings is 2. The Morgan fingerprint density at radius 3 is 2.32 bits per heavy atom. The summed E-state index contributed by atoms with van der Waals surface area (Å²) in [4.78, 5) is 38.2. The number of benzene rings is 2. The van der Waals surface area contributed by atoms with Gasteiger partial charge in [-0.15, -0.1) is 0 Å². The van der Waals surface area contributed by atoms with Crippen molar-refractivity contribution >= 4 is 17.7 Å². The summed E-state index contributed by atoms with van der Waals surface area (Å²) in [5, 5.41) is 2.87. The van der Waals surface area contributed by atoms with Gasteiger partial charge in [-0.2, -0.15) is 0 Å². The smallest absolute Gasteiger partial charge is 0.416 e. The third kappa shape index (κ3) is 8.86. The Labute approximate surface area is 275 Å². The Morgan fingerprint density at radius 2 is 1.62 bits per heavy atom. The van der Waals surface area contributed by atoms with E-state index in [0.29, 0.717) is 54.9 Å². The molecule has 1 N–H and O–H groups in total. The molecule has 2 saturated heterocycles. The Bertz CT molecular complexity index is 1590. The summed E-state index contributed by atoms with van der Waals surface area (Å²) in [5.41, 5.74) is 2.31. The second-order valence-corrected chi connectivity index (χ2v) is 12.0. The molecule has 244 valence electrons. The van der Waals surface area contributed by atoms with Crippen LogP contribution in [0.25, 0.3) is 0 Å². The molecule has 4 heterocycles. The molecule has 0 radical (unpaired) electrons. The summed E-state index contributed by atoms with van der Waals surface area (Å²) in [6, 6.07) is 24.6. The second-order valence-electron chi connectivity index (χ2n) is 12.0. The van der Waals surface area contributed by atoms with Gasteiger partial charge >= 0.3 is 6.09 Å². The monoisotopic (exact) mass is 635 g/mol. The topological polar surface area (TPSA) is 106 Å². The zero-order valence-electron chi connectivity index (χ0n) is 26.7. The fourth-order valence-corrected chi connectivity index (χ4v) is 6.06. The lowest BCUT2D eigenvalue weighted by Crippen LogP contribution is -2.43. The van der Waals surface area contributed by atoms with Crippen LogP contribution < -0.4 is 19.5 Å². The van der Waals surface area contributed by atoms with E-state index in [9.17, 15) is 9.59 Å². The quantitative estimate of drug-likeness (QED) is 0.193. The number of aromatic nitrogens is 2. The number of pyridine rings is 2. The summed E-state index contributed by atoms with van der Waals surface area (Å²) in [5.74, 6) is 1.91. The number of anilines is 1. The molecule has 1 unspecified atom stereocenters. The molecule has 2 aromatic carbocycles. The summed E-state index contributed by atoms with van der Waals surface area (Å²) in [6.45, 7) is 5.32. The molecular formula is C37H41N5O5. The summed E-state index contributed by atoms with van der Waals surface area (Å²) in [7, 11) is 0. The van der Waals surface area contributed by atoms with Crippen molar-refractivity contribution in [3.63, 3.8) is 0 Å². The fraction of sp³-hybridized carbons (Fsp3) is 0.351. The molecule has 10 heteroatoms. The van der Waals surface area contributed by atoms with Gasteiger partial charge in [0.2, 0.25) is 11.8 Å². The van der Waals surface area contributed by atoms with Crippen LogP contribution in [0.3, 0.4) is 0 Å². The van der Waals surface area contributed by atoms with Crippen molar-refractivity contribution in [2.75, 3.05) is 25.0 Å². The molecule has 4 aromatic rings. The first-order valence-corrected chi connectivity index (χ1v) is 16.4. The van der Waals surface area contributed by atoms with Crippen LogP contribution in [0.4, 0.5) is 10.5 Å². The zero-order chi connectivity index (χ0) is 32.4. The number of amides is 2. The first-order chi connectivity index (χ1) is 23.0. The van der Waals surface area contributed by atoms with Crippen LogP contribution >= 0.6 is 0 Å². The lowest BCUT2D eigenvalue weighted by Gasteiger charge is -2.35. The summed E-state index contributed by atoms with van der Waals surface area (Å²) >= 11 is 0. The number of nitrogens with zero attached hydrogens (tertiary/aromatic N) is 4. The molecule has 0 spiro atoms. The lowest BCUT2D eigenvalue weighted by atomic mass is 9.99. The van der Waals surface area contributed by atoms with E-state index < -0.39 is 6.09 Å². The molecule has 0 saturated carbocycles. The van der Waals surface area contributed by atoms with Crippen molar-refractivity contribution in [2.45, 2.75) is 64.1 Å². The molecule has 0 aliphatic carbocycles. The van der Waals surface area contributed by atoms with E-state index in [-0.39, 0.29) is 17.9 Å². The van der Waals surface area contributed by atoms with Crippen molar-refractivity contribution in [3.8, 4) is 23.3 Å². The molecule has 47 heavy (non-hydrogen) atoms. The average molecular weight is 636 g/mol. The largest absolute Gasteiger partial charge is 0.490 e. The van der Waals surface area contributed by atoms with Gasteiger partial charge in [0.05, 0.1) is 11.9 Å². The van der Waals surface area contributed by atoms with Gasteiger partial charge in [0.25, 0.3) is 5.91 Å². The normalized spacial score (nSPS) is 17.1. The molecule has 2 amide bonds. The predicted octanol–water partition coefficient (Wildman–Crippen LogP) is 7.33. The van der Waals surface area contributed by atoms with E-state index in [1.807, 2.05) is 60.7 Å². The van der Waals surface area contributed by atoms with E-state index in [1.54, 1.807) is 29.3 Å². The third-order valence-electron chi connectivity index (χ3n) is 8.70. The molecular weight excluding hydrogens is 594 g/mol. The molecule has 2 fully saturated rings. The summed E-state index contributed by atoms with van der Waals surface area (Å²) in [6.07, 6.45) is 9.05. The second kappa shape index (κ2) is 15.6. The first-order valence-electron chi connectivity index (χ1n) is 16.4. The van der Waals surface area contributed by atoms with Crippen molar-refractivity contribution in [3.05, 3.63) is 102 Å². The van der Waals surface area contributed by atoms with Crippen molar-refractivity contribution in [2.24, 2.45) is 0 Å². The Kier molecular flexibility index (Phi) is 10.6. The molecule has 2 aromatic heterocycles. The van der Waals surface area contributed by atoms with E-state index in [0.717, 1.165) is 18.8 Å². The Hall–Kier alpha value is -4.96. The number of carbonyl (C=O) groups is 2. The Morgan fingerprint density at radius 1 is 0.830 bits per heavy atom. The van der Waals surface area contributed by atoms with Crippen LogP contribution in [0.5, 0.6) is 23.3 Å². The first kappa shape index (κ1) is 32.0. The van der Waals surface area contributed by atoms with Crippen LogP contribution in [0.2, 0.25) is 0 Å². The SMILES string of the molecule is CCC1CCCCN1Cc1ccc(C(=O)Nc2ccc(OC(=O)N3CCC(Oc4ccc(Oc5ccccn5)cc4)CC3)nc2)cc1. The van der Waals surface area contributed by atoms with E-state index >= 15 is 0 Å². The predicted molar refractivity (Wildman–Crippen MR) is 179 cm³/mol. The molecule has 2 aliphatic heterocycles. The lowest BCUT2D eigenvalue weighted by molar-refractivity contribution is 0.0922. The van der Waals surface area contributed by atoms with E-state index in [4.69, 9.17) is 14.2 Å². The minimum atomic E-state index is -0.460. The van der Waals surface area contributed by atoms with Gasteiger partial charge in [-0.25, -0.2) is 14.8 Å². The van der Waals surface area contributed by atoms with E-state index in [2.05, 4.69) is 27.1 Å². The van der Waals surface area contributed by atoms with Gasteiger partial charge in [0.15, 0.2) is 0 Å². The molecule has 0 bridgehead atoms. The van der Waals surface area contributed by atoms with Gasteiger partial charge in [0, 0.05) is 62.4 Å². The minimum Gasteiger partial charge on any atom is -0.490 e. The highest BCUT2D eigenvalue weighted by Gasteiger charge is 2.26. The standard InChI is InChI=1S/C37H41N5O5/c1-2-30-7-4-6-22-42(30)26-27-9-11-28(12-10-27)36(43)40-29-13-18-35(39-25-29)47-37(44)41-23-19-33(20-24-41)45-31-14-16-32(17-15-31)46-34-8-3-5-21-38-34/h3,5,8-18,21,25,30,33H,2,4,6-7,19-20,22-24,26H2,1H3,(H,40,43). The summed E-state index contributed by atoms with van der Waals surface area (Å²) < 4.78 is 17.4. The molecule has 2 aliphatic rings. The van der Waals surface area contributed by atoms with Crippen LogP contribution in [0.1, 0.15) is 61.4 Å². The Balaban J connectivity index is 0.921. The number of ether oxygens (including phenoxy) is 3. The average Bonchev–Trinajstić information content (AvgIpc) is 3.11. The van der Waals surface area contributed by atoms with Gasteiger partial charge < -0.3 is 24.4 Å². The van der Waals surface area contributed by atoms with Gasteiger partial charge in [-0.1, -0.05) is 31.5 Å². The van der Waals surface area contributed by atoms with Crippen LogP contribution in [0, 0.1) is 0 Å². The zero-order valence-corrected chi connectivity index (χ0v) is 26.7. The maximum Gasteiger partial charge on any atom is 0.416 e. The number of nitrogens with one attached hydrogen (secondary N) is 1. The van der Waals surface area contributed by atoms with Crippen LogP contribution in [-0.2, 0) is 6.54 Å². The van der Waals surface area contributed by atoms with Crippen LogP contribution in [0.15, 0.2) is 91.3 Å². The van der Waals surface area contributed by atoms with Gasteiger partial charge in [-0.3, -0.25) is 9.69 Å². The van der Waals surface area contributed by atoms with Crippen LogP contribution in [-0.4, -0.2) is 63.5 Å². The van der Waals surface area contributed by atoms with Gasteiger partial charge in [0.1, 0.15) is 17.6 Å². The highest BCUT2D eigenvalue weighted by Crippen LogP contribution is 2.26. The minimum absolute atomic E-state index is 0.0121.